The van der Waals surface area contributed by atoms with Gasteiger partial charge in [-0.2, -0.15) is 15.0 Å². The fourth-order valence-corrected chi connectivity index (χ4v) is 0.737. The van der Waals surface area contributed by atoms with Gasteiger partial charge in [-0.15, -0.1) is 12.4 Å². The Kier molecular flexibility index (Phi) is 4.85. The number of nitrogens with two attached hydrogens (primary N) is 1. The molecule has 0 aliphatic carbocycles. The fraction of sp³-hybridized carbons (Fsp3) is 0.714. The van der Waals surface area contributed by atoms with Gasteiger partial charge in [0.25, 0.3) is 0 Å². The molecular weight excluding hydrogens is 176 g/mol. The molecule has 2 N–H and O–H groups in total. The molecule has 0 saturated heterocycles. The Balaban J connectivity index is 0.00000121. The van der Waals surface area contributed by atoms with Gasteiger partial charge in [0.15, 0.2) is 0 Å². The predicted molar refractivity (Wildman–Crippen MR) is 50.1 cm³/mol. The lowest BCUT2D eigenvalue weighted by Crippen LogP contribution is -2.32. The summed E-state index contributed by atoms with van der Waals surface area (Å²) in [5.74, 6) is 0.473. The van der Waals surface area contributed by atoms with E-state index >= 15 is 0 Å². The van der Waals surface area contributed by atoms with E-state index in [0.29, 0.717) is 12.5 Å². The maximum Gasteiger partial charge on any atom is 0.0760 e. The summed E-state index contributed by atoms with van der Waals surface area (Å²) in [5.41, 5.74) is 5.81. The third-order valence-corrected chi connectivity index (χ3v) is 1.70. The van der Waals surface area contributed by atoms with Crippen molar-refractivity contribution in [1.29, 1.82) is 0 Å². The third kappa shape index (κ3) is 3.19. The van der Waals surface area contributed by atoms with Crippen LogP contribution < -0.4 is 5.73 Å². The molecular formula is C7H15ClN4. The summed E-state index contributed by atoms with van der Waals surface area (Å²) >= 11 is 0. The van der Waals surface area contributed by atoms with Crippen molar-refractivity contribution < 1.29 is 0 Å². The number of halogens is 1. The Bertz CT molecular complexity index is 197. The molecule has 0 aliphatic rings. The normalized spacial score (nSPS) is 12.7. The molecule has 0 radical (unpaired) electrons. The molecule has 5 heteroatoms. The highest BCUT2D eigenvalue weighted by molar-refractivity contribution is 5.85. The lowest BCUT2D eigenvalue weighted by molar-refractivity contribution is 0.387. The van der Waals surface area contributed by atoms with Crippen LogP contribution in [0.3, 0.4) is 0 Å². The summed E-state index contributed by atoms with van der Waals surface area (Å²) in [4.78, 5) is 1.62. The second kappa shape index (κ2) is 5.11. The van der Waals surface area contributed by atoms with Crippen LogP contribution in [0.2, 0.25) is 0 Å². The molecule has 0 bridgehead atoms. The molecule has 12 heavy (non-hydrogen) atoms. The Labute approximate surface area is 78.5 Å². The first kappa shape index (κ1) is 11.4. The standard InChI is InChI=1S/C7H14N4.ClH/c1-6(2)7(8)5-11-9-3-4-10-11;/h3-4,6-7H,5,8H2,1-2H3;1H. The van der Waals surface area contributed by atoms with Crippen LogP contribution in [0.5, 0.6) is 0 Å². The van der Waals surface area contributed by atoms with Gasteiger partial charge in [0.1, 0.15) is 0 Å². The quantitative estimate of drug-likeness (QED) is 0.763. The van der Waals surface area contributed by atoms with E-state index in [2.05, 4.69) is 24.0 Å². The first-order valence-electron chi connectivity index (χ1n) is 3.80. The zero-order valence-electron chi connectivity index (χ0n) is 7.34. The summed E-state index contributed by atoms with van der Waals surface area (Å²) in [6, 6.07) is 0.141. The van der Waals surface area contributed by atoms with E-state index in [4.69, 9.17) is 5.73 Å². The lowest BCUT2D eigenvalue weighted by atomic mass is 10.1. The number of aromatic nitrogens is 3. The zero-order chi connectivity index (χ0) is 8.27. The Morgan fingerprint density at radius 3 is 2.25 bits per heavy atom. The Morgan fingerprint density at radius 2 is 1.83 bits per heavy atom. The average molecular weight is 191 g/mol. The van der Waals surface area contributed by atoms with Crippen molar-refractivity contribution in [3.8, 4) is 0 Å². The van der Waals surface area contributed by atoms with Gasteiger partial charge in [-0.25, -0.2) is 0 Å². The van der Waals surface area contributed by atoms with E-state index in [-0.39, 0.29) is 18.4 Å². The topological polar surface area (TPSA) is 56.7 Å². The lowest BCUT2D eigenvalue weighted by Gasteiger charge is -2.13. The van der Waals surface area contributed by atoms with Gasteiger partial charge in [0.2, 0.25) is 0 Å². The molecule has 1 atom stereocenters. The molecule has 1 aromatic heterocycles. The second-order valence-electron chi connectivity index (χ2n) is 2.99. The highest BCUT2D eigenvalue weighted by Crippen LogP contribution is 1.99. The van der Waals surface area contributed by atoms with E-state index in [1.807, 2.05) is 0 Å². The van der Waals surface area contributed by atoms with Crippen LogP contribution in [0.15, 0.2) is 12.4 Å². The van der Waals surface area contributed by atoms with Crippen molar-refractivity contribution in [1.82, 2.24) is 15.0 Å². The van der Waals surface area contributed by atoms with Crippen LogP contribution in [0.1, 0.15) is 13.8 Å². The smallest absolute Gasteiger partial charge is 0.0760 e. The van der Waals surface area contributed by atoms with Gasteiger partial charge in [-0.05, 0) is 5.92 Å². The van der Waals surface area contributed by atoms with Crippen molar-refractivity contribution in [2.24, 2.45) is 11.7 Å². The van der Waals surface area contributed by atoms with Crippen LogP contribution in [0, 0.1) is 5.92 Å². The monoisotopic (exact) mass is 190 g/mol. The summed E-state index contributed by atoms with van der Waals surface area (Å²) in [5, 5.41) is 7.93. The molecule has 1 unspecified atom stereocenters. The van der Waals surface area contributed by atoms with E-state index in [1.54, 1.807) is 17.2 Å². The number of rotatable bonds is 3. The van der Waals surface area contributed by atoms with E-state index in [9.17, 15) is 0 Å². The van der Waals surface area contributed by atoms with E-state index in [0.717, 1.165) is 0 Å². The maximum absolute atomic E-state index is 5.81. The van der Waals surface area contributed by atoms with Crippen LogP contribution in [0.4, 0.5) is 0 Å². The summed E-state index contributed by atoms with van der Waals surface area (Å²) in [6.07, 6.45) is 3.32. The fourth-order valence-electron chi connectivity index (χ4n) is 0.737. The van der Waals surface area contributed by atoms with E-state index in [1.165, 1.54) is 0 Å². The average Bonchev–Trinajstić information content (AvgIpc) is 2.39. The number of hydrogen-bond donors (Lipinski definition) is 1. The first-order chi connectivity index (χ1) is 5.20. The summed E-state index contributed by atoms with van der Waals surface area (Å²) in [7, 11) is 0. The largest absolute Gasteiger partial charge is 0.326 e. The third-order valence-electron chi connectivity index (χ3n) is 1.70. The van der Waals surface area contributed by atoms with Gasteiger partial charge >= 0.3 is 0 Å². The van der Waals surface area contributed by atoms with Crippen LogP contribution in [-0.2, 0) is 6.54 Å². The highest BCUT2D eigenvalue weighted by Gasteiger charge is 2.08. The Hall–Kier alpha value is -0.610. The van der Waals surface area contributed by atoms with Crippen LogP contribution >= 0.6 is 12.4 Å². The molecule has 1 aromatic rings. The molecule has 0 amide bonds. The molecule has 0 saturated carbocycles. The van der Waals surface area contributed by atoms with Crippen molar-refractivity contribution in [3.63, 3.8) is 0 Å². The highest BCUT2D eigenvalue weighted by atomic mass is 35.5. The number of nitrogens with zero attached hydrogens (tertiary/aromatic N) is 3. The molecule has 0 aromatic carbocycles. The SMILES string of the molecule is CC(C)C(N)Cn1nccn1.Cl. The van der Waals surface area contributed by atoms with Gasteiger partial charge in [-0.1, -0.05) is 13.8 Å². The van der Waals surface area contributed by atoms with Gasteiger partial charge in [0.05, 0.1) is 18.9 Å². The van der Waals surface area contributed by atoms with Crippen molar-refractivity contribution in [2.45, 2.75) is 26.4 Å². The zero-order valence-corrected chi connectivity index (χ0v) is 8.16. The van der Waals surface area contributed by atoms with Crippen molar-refractivity contribution in [2.75, 3.05) is 0 Å². The van der Waals surface area contributed by atoms with Crippen molar-refractivity contribution in [3.05, 3.63) is 12.4 Å². The predicted octanol–water partition coefficient (Wildman–Crippen LogP) is 0.683. The molecule has 0 spiro atoms. The minimum atomic E-state index is 0. The molecule has 1 rings (SSSR count). The van der Waals surface area contributed by atoms with Crippen LogP contribution in [-0.4, -0.2) is 21.0 Å². The second-order valence-corrected chi connectivity index (χ2v) is 2.99. The minimum Gasteiger partial charge on any atom is -0.326 e. The molecule has 70 valence electrons. The van der Waals surface area contributed by atoms with E-state index < -0.39 is 0 Å². The first-order valence-corrected chi connectivity index (χ1v) is 3.80. The maximum atomic E-state index is 5.81. The summed E-state index contributed by atoms with van der Waals surface area (Å²) < 4.78 is 0. The molecule has 4 nitrogen and oxygen atoms in total. The molecule has 1 heterocycles. The summed E-state index contributed by atoms with van der Waals surface area (Å²) in [6.45, 7) is 4.88. The van der Waals surface area contributed by atoms with Crippen LogP contribution in [0.25, 0.3) is 0 Å². The number of hydrogen-bond acceptors (Lipinski definition) is 3. The molecule has 0 fully saturated rings. The van der Waals surface area contributed by atoms with Gasteiger partial charge in [0, 0.05) is 6.04 Å². The Morgan fingerprint density at radius 1 is 1.33 bits per heavy atom. The minimum absolute atomic E-state index is 0. The van der Waals surface area contributed by atoms with Gasteiger partial charge in [-0.3, -0.25) is 0 Å². The van der Waals surface area contributed by atoms with Crippen molar-refractivity contribution >= 4 is 12.4 Å². The van der Waals surface area contributed by atoms with Gasteiger partial charge < -0.3 is 5.73 Å². The molecule has 0 aliphatic heterocycles.